The summed E-state index contributed by atoms with van der Waals surface area (Å²) in [5.74, 6) is 1.53. The summed E-state index contributed by atoms with van der Waals surface area (Å²) in [6, 6.07) is 3.62. The molecule has 1 heterocycles. The van der Waals surface area contributed by atoms with E-state index < -0.39 is 0 Å². The minimum atomic E-state index is -0.185. The monoisotopic (exact) mass is 318 g/mol. The Hall–Kier alpha value is -0.640. The Morgan fingerprint density at radius 1 is 1.30 bits per heavy atom. The lowest BCUT2D eigenvalue weighted by Gasteiger charge is -2.24. The largest absolute Gasteiger partial charge is 0.493 e. The van der Waals surface area contributed by atoms with Crippen LogP contribution in [0.5, 0.6) is 11.5 Å². The molecule has 0 amide bonds. The van der Waals surface area contributed by atoms with Crippen LogP contribution in [0.15, 0.2) is 12.1 Å². The minimum Gasteiger partial charge on any atom is -0.493 e. The van der Waals surface area contributed by atoms with Crippen molar-refractivity contribution >= 4 is 23.2 Å². The molecule has 1 fully saturated rings. The average Bonchev–Trinajstić information content (AvgIpc) is 2.94. The first kappa shape index (κ1) is 15.7. The second-order valence-electron chi connectivity index (χ2n) is 4.90. The van der Waals surface area contributed by atoms with Crippen LogP contribution in [0.1, 0.15) is 30.7 Å². The summed E-state index contributed by atoms with van der Waals surface area (Å²) < 4.78 is 16.3. The number of alkyl halides is 1. The predicted octanol–water partition coefficient (Wildman–Crippen LogP) is 4.45. The highest BCUT2D eigenvalue weighted by Crippen LogP contribution is 2.44. The van der Waals surface area contributed by atoms with E-state index in [4.69, 9.17) is 37.4 Å². The Bertz CT molecular complexity index is 465. The van der Waals surface area contributed by atoms with E-state index in [2.05, 4.69) is 6.92 Å². The number of benzene rings is 1. The van der Waals surface area contributed by atoms with E-state index in [1.54, 1.807) is 20.3 Å². The molecule has 1 saturated heterocycles. The van der Waals surface area contributed by atoms with Crippen LogP contribution in [0.25, 0.3) is 0 Å². The SMILES string of the molecule is CCC1OCCC1C(Cl)c1cc(OC)c(OC)cc1Cl. The number of methoxy groups -OCH3 is 2. The maximum absolute atomic E-state index is 6.65. The number of halogens is 2. The van der Waals surface area contributed by atoms with Crippen molar-refractivity contribution in [2.75, 3.05) is 20.8 Å². The summed E-state index contributed by atoms with van der Waals surface area (Å²) >= 11 is 13.0. The van der Waals surface area contributed by atoms with Gasteiger partial charge in [0.25, 0.3) is 0 Å². The quantitative estimate of drug-likeness (QED) is 0.750. The lowest BCUT2D eigenvalue weighted by molar-refractivity contribution is 0.0864. The summed E-state index contributed by atoms with van der Waals surface area (Å²) in [5, 5.41) is 0.416. The first-order valence-electron chi connectivity index (χ1n) is 6.79. The summed E-state index contributed by atoms with van der Waals surface area (Å²) in [4.78, 5) is 0. The van der Waals surface area contributed by atoms with Gasteiger partial charge in [0, 0.05) is 23.6 Å². The van der Waals surface area contributed by atoms with Gasteiger partial charge >= 0.3 is 0 Å². The number of hydrogen-bond donors (Lipinski definition) is 0. The number of ether oxygens (including phenoxy) is 3. The van der Waals surface area contributed by atoms with Gasteiger partial charge in [-0.2, -0.15) is 0 Å². The van der Waals surface area contributed by atoms with E-state index in [-0.39, 0.29) is 17.4 Å². The Kier molecular flexibility index (Phi) is 5.42. The van der Waals surface area contributed by atoms with Gasteiger partial charge in [0.15, 0.2) is 11.5 Å². The van der Waals surface area contributed by atoms with Crippen molar-refractivity contribution < 1.29 is 14.2 Å². The molecule has 0 radical (unpaired) electrons. The Morgan fingerprint density at radius 3 is 2.55 bits per heavy atom. The zero-order chi connectivity index (χ0) is 14.7. The van der Waals surface area contributed by atoms with E-state index in [9.17, 15) is 0 Å². The molecule has 0 aromatic heterocycles. The van der Waals surface area contributed by atoms with Gasteiger partial charge in [-0.05, 0) is 24.5 Å². The van der Waals surface area contributed by atoms with Crippen LogP contribution in [0.3, 0.4) is 0 Å². The highest BCUT2D eigenvalue weighted by molar-refractivity contribution is 6.33. The molecule has 112 valence electrons. The van der Waals surface area contributed by atoms with Gasteiger partial charge in [-0.3, -0.25) is 0 Å². The molecular formula is C15H20Cl2O3. The van der Waals surface area contributed by atoms with E-state index >= 15 is 0 Å². The Morgan fingerprint density at radius 2 is 1.95 bits per heavy atom. The Labute approximate surface area is 130 Å². The van der Waals surface area contributed by atoms with E-state index in [0.29, 0.717) is 16.5 Å². The second kappa shape index (κ2) is 6.88. The van der Waals surface area contributed by atoms with Crippen LogP contribution in [0.2, 0.25) is 5.02 Å². The molecule has 3 atom stereocenters. The van der Waals surface area contributed by atoms with Crippen LogP contribution in [0.4, 0.5) is 0 Å². The smallest absolute Gasteiger partial charge is 0.162 e. The van der Waals surface area contributed by atoms with Crippen molar-refractivity contribution in [1.82, 2.24) is 0 Å². The maximum atomic E-state index is 6.65. The lowest BCUT2D eigenvalue weighted by atomic mass is 9.91. The van der Waals surface area contributed by atoms with Crippen LogP contribution in [-0.4, -0.2) is 26.9 Å². The van der Waals surface area contributed by atoms with Gasteiger partial charge in [-0.25, -0.2) is 0 Å². The summed E-state index contributed by atoms with van der Waals surface area (Å²) in [5.41, 5.74) is 0.875. The van der Waals surface area contributed by atoms with Crippen molar-refractivity contribution in [3.8, 4) is 11.5 Å². The molecule has 2 rings (SSSR count). The maximum Gasteiger partial charge on any atom is 0.162 e. The number of hydrogen-bond acceptors (Lipinski definition) is 3. The molecule has 0 bridgehead atoms. The molecule has 0 saturated carbocycles. The molecule has 1 aliphatic heterocycles. The molecule has 3 unspecified atom stereocenters. The summed E-state index contributed by atoms with van der Waals surface area (Å²) in [7, 11) is 3.19. The molecule has 0 spiro atoms. The van der Waals surface area contributed by atoms with Gasteiger partial charge in [0.1, 0.15) is 0 Å². The van der Waals surface area contributed by atoms with Crippen molar-refractivity contribution in [3.63, 3.8) is 0 Å². The highest BCUT2D eigenvalue weighted by atomic mass is 35.5. The third-order valence-electron chi connectivity index (χ3n) is 3.84. The standard InChI is InChI=1S/C15H20Cl2O3/c1-4-12-9(5-6-20-12)15(17)10-7-13(18-2)14(19-3)8-11(10)16/h7-9,12,15H,4-6H2,1-3H3. The van der Waals surface area contributed by atoms with Gasteiger partial charge < -0.3 is 14.2 Å². The molecule has 20 heavy (non-hydrogen) atoms. The van der Waals surface area contributed by atoms with Gasteiger partial charge in [-0.15, -0.1) is 11.6 Å². The van der Waals surface area contributed by atoms with Crippen molar-refractivity contribution in [2.24, 2.45) is 5.92 Å². The Balaban J connectivity index is 2.31. The molecule has 0 aliphatic carbocycles. The average molecular weight is 319 g/mol. The molecule has 1 aliphatic rings. The molecular weight excluding hydrogens is 299 g/mol. The van der Waals surface area contributed by atoms with Crippen LogP contribution in [0, 0.1) is 5.92 Å². The van der Waals surface area contributed by atoms with E-state index in [1.165, 1.54) is 0 Å². The zero-order valence-corrected chi connectivity index (χ0v) is 13.5. The fourth-order valence-corrected chi connectivity index (χ4v) is 3.53. The third-order valence-corrected chi connectivity index (χ3v) is 4.72. The minimum absolute atomic E-state index is 0.185. The molecule has 1 aromatic carbocycles. The fourth-order valence-electron chi connectivity index (χ4n) is 2.73. The first-order valence-corrected chi connectivity index (χ1v) is 7.60. The fraction of sp³-hybridized carbons (Fsp3) is 0.600. The van der Waals surface area contributed by atoms with Crippen LogP contribution < -0.4 is 9.47 Å². The topological polar surface area (TPSA) is 27.7 Å². The van der Waals surface area contributed by atoms with Gasteiger partial charge in [0.2, 0.25) is 0 Å². The molecule has 5 heteroatoms. The van der Waals surface area contributed by atoms with Crippen LogP contribution in [-0.2, 0) is 4.74 Å². The number of rotatable bonds is 5. The van der Waals surface area contributed by atoms with Crippen molar-refractivity contribution in [3.05, 3.63) is 22.7 Å². The normalized spacial score (nSPS) is 23.6. The second-order valence-corrected chi connectivity index (χ2v) is 5.78. The third kappa shape index (κ3) is 3.00. The van der Waals surface area contributed by atoms with E-state index in [1.807, 2.05) is 6.07 Å². The predicted molar refractivity (Wildman–Crippen MR) is 81.3 cm³/mol. The summed E-state index contributed by atoms with van der Waals surface area (Å²) in [6.45, 7) is 2.88. The lowest BCUT2D eigenvalue weighted by Crippen LogP contribution is -2.19. The van der Waals surface area contributed by atoms with Crippen molar-refractivity contribution in [2.45, 2.75) is 31.2 Å². The van der Waals surface area contributed by atoms with Crippen molar-refractivity contribution in [1.29, 1.82) is 0 Å². The molecule has 1 aromatic rings. The van der Waals surface area contributed by atoms with Gasteiger partial charge in [0.05, 0.1) is 25.7 Å². The first-order chi connectivity index (χ1) is 9.62. The van der Waals surface area contributed by atoms with E-state index in [0.717, 1.165) is 25.0 Å². The van der Waals surface area contributed by atoms with Crippen LogP contribution >= 0.6 is 23.2 Å². The molecule has 0 N–H and O–H groups in total. The highest BCUT2D eigenvalue weighted by Gasteiger charge is 2.34. The molecule has 3 nitrogen and oxygen atoms in total. The van der Waals surface area contributed by atoms with Gasteiger partial charge in [-0.1, -0.05) is 18.5 Å². The zero-order valence-electron chi connectivity index (χ0n) is 12.0. The summed E-state index contributed by atoms with van der Waals surface area (Å²) in [6.07, 6.45) is 2.11.